The molecule has 0 amide bonds. The van der Waals surface area contributed by atoms with E-state index in [0.717, 1.165) is 19.3 Å². The van der Waals surface area contributed by atoms with Crippen molar-refractivity contribution < 1.29 is 4.79 Å². The second-order valence-electron chi connectivity index (χ2n) is 3.66. The Bertz CT molecular complexity index is 154. The number of allylic oxidation sites excluding steroid dienone is 1. The molecule has 0 heterocycles. The zero-order chi connectivity index (χ0) is 10.6. The van der Waals surface area contributed by atoms with Gasteiger partial charge in [-0.25, -0.2) is 0 Å². The third kappa shape index (κ3) is 12.1. The third-order valence-electron chi connectivity index (χ3n) is 2.28. The van der Waals surface area contributed by atoms with Crippen LogP contribution in [0.5, 0.6) is 0 Å². The van der Waals surface area contributed by atoms with E-state index in [9.17, 15) is 4.79 Å². The van der Waals surface area contributed by atoms with Gasteiger partial charge in [-0.05, 0) is 41.9 Å². The lowest BCUT2D eigenvalue weighted by molar-refractivity contribution is -0.109. The van der Waals surface area contributed by atoms with E-state index in [4.69, 9.17) is 0 Å². The second kappa shape index (κ2) is 11.2. The van der Waals surface area contributed by atoms with E-state index in [1.807, 2.05) is 28.7 Å². The predicted octanol–water partition coefficient (Wildman–Crippen LogP) is 4.64. The lowest BCUT2D eigenvalue weighted by Crippen LogP contribution is -1.85. The predicted molar refractivity (Wildman–Crippen MR) is 70.8 cm³/mol. The molecule has 0 aliphatic rings. The van der Waals surface area contributed by atoms with Crippen LogP contribution in [0.2, 0.25) is 0 Å². The molecule has 0 saturated carbocycles. The van der Waals surface area contributed by atoms with E-state index >= 15 is 0 Å². The normalized spacial score (nSPS) is 10.1. The van der Waals surface area contributed by atoms with Gasteiger partial charge >= 0.3 is 0 Å². The van der Waals surface area contributed by atoms with Crippen molar-refractivity contribution in [2.45, 2.75) is 57.8 Å². The zero-order valence-corrected chi connectivity index (χ0v) is 11.1. The summed E-state index contributed by atoms with van der Waals surface area (Å²) in [5.74, 6) is 0. The molecule has 0 spiro atoms. The van der Waals surface area contributed by atoms with Gasteiger partial charge in [-0.15, -0.1) is 6.58 Å². The van der Waals surface area contributed by atoms with E-state index in [1.54, 1.807) is 0 Å². The molecular weight excluding hydrogens is 287 g/mol. The van der Waals surface area contributed by atoms with Crippen molar-refractivity contribution in [3.63, 3.8) is 0 Å². The molecule has 0 fully saturated rings. The van der Waals surface area contributed by atoms with Crippen molar-refractivity contribution in [2.24, 2.45) is 0 Å². The van der Waals surface area contributed by atoms with Gasteiger partial charge in [-0.1, -0.05) is 38.2 Å². The zero-order valence-electron chi connectivity index (χ0n) is 8.93. The molecule has 0 rings (SSSR count). The van der Waals surface area contributed by atoms with Crippen molar-refractivity contribution in [1.82, 2.24) is 0 Å². The van der Waals surface area contributed by atoms with Crippen LogP contribution in [0.3, 0.4) is 0 Å². The van der Waals surface area contributed by atoms with Gasteiger partial charge in [0.2, 0.25) is 0 Å². The summed E-state index contributed by atoms with van der Waals surface area (Å²) in [6, 6.07) is 0. The molecule has 0 aliphatic carbocycles. The van der Waals surface area contributed by atoms with Gasteiger partial charge in [-0.2, -0.15) is 0 Å². The summed E-state index contributed by atoms with van der Waals surface area (Å²) in [4.78, 5) is 10.6. The van der Waals surface area contributed by atoms with Gasteiger partial charge in [0.25, 0.3) is 0 Å². The van der Waals surface area contributed by atoms with Crippen LogP contribution in [0.15, 0.2) is 12.7 Å². The van der Waals surface area contributed by atoms with Gasteiger partial charge < -0.3 is 0 Å². The highest BCUT2D eigenvalue weighted by Crippen LogP contribution is 2.10. The van der Waals surface area contributed by atoms with Gasteiger partial charge in [0.05, 0.1) is 0 Å². The minimum atomic E-state index is 0.300. The van der Waals surface area contributed by atoms with E-state index in [1.165, 1.54) is 38.5 Å². The van der Waals surface area contributed by atoms with Crippen molar-refractivity contribution in [1.29, 1.82) is 0 Å². The first kappa shape index (κ1) is 14.1. The summed E-state index contributed by atoms with van der Waals surface area (Å²) in [5.41, 5.74) is 0. The summed E-state index contributed by atoms with van der Waals surface area (Å²) in [5, 5.41) is 0. The van der Waals surface area contributed by atoms with Gasteiger partial charge in [0, 0.05) is 6.42 Å². The van der Waals surface area contributed by atoms with Crippen molar-refractivity contribution in [3.05, 3.63) is 12.7 Å². The maximum Gasteiger partial charge on any atom is 0.192 e. The Kier molecular flexibility index (Phi) is 11.3. The van der Waals surface area contributed by atoms with Crippen molar-refractivity contribution >= 4 is 26.4 Å². The molecule has 82 valence electrons. The van der Waals surface area contributed by atoms with Crippen LogP contribution in [-0.2, 0) is 4.79 Å². The molecule has 0 saturated heterocycles. The number of unbranched alkanes of at least 4 members (excludes halogenated alkanes) is 7. The lowest BCUT2D eigenvalue weighted by atomic mass is 10.1. The van der Waals surface area contributed by atoms with Gasteiger partial charge in [-0.3, -0.25) is 4.79 Å². The first-order valence-electron chi connectivity index (χ1n) is 5.56. The first-order valence-corrected chi connectivity index (χ1v) is 6.64. The fourth-order valence-corrected chi connectivity index (χ4v) is 1.82. The second-order valence-corrected chi connectivity index (χ2v) is 4.86. The number of hydrogen-bond acceptors (Lipinski definition) is 1. The molecule has 0 N–H and O–H groups in total. The monoisotopic (exact) mass is 308 g/mol. The molecule has 0 bridgehead atoms. The van der Waals surface area contributed by atoms with Crippen LogP contribution in [0.1, 0.15) is 57.8 Å². The minimum absolute atomic E-state index is 0.300. The molecule has 0 aliphatic heterocycles. The Hall–Kier alpha value is 0.140. The lowest BCUT2D eigenvalue weighted by Gasteiger charge is -1.99. The highest BCUT2D eigenvalue weighted by atomic mass is 127. The molecule has 1 nitrogen and oxygen atoms in total. The maximum atomic E-state index is 10.6. The summed E-state index contributed by atoms with van der Waals surface area (Å²) in [6.07, 6.45) is 12.8. The summed E-state index contributed by atoms with van der Waals surface area (Å²) >= 11 is 1.88. The van der Waals surface area contributed by atoms with Crippen LogP contribution < -0.4 is 0 Å². The largest absolute Gasteiger partial charge is 0.288 e. The summed E-state index contributed by atoms with van der Waals surface area (Å²) < 4.78 is 0.300. The van der Waals surface area contributed by atoms with Crippen LogP contribution in [0, 0.1) is 0 Å². The molecule has 0 aromatic heterocycles. The first-order chi connectivity index (χ1) is 6.77. The number of rotatable bonds is 10. The minimum Gasteiger partial charge on any atom is -0.288 e. The number of halogens is 1. The molecule has 0 aromatic carbocycles. The van der Waals surface area contributed by atoms with E-state index in [0.29, 0.717) is 3.79 Å². The van der Waals surface area contributed by atoms with Gasteiger partial charge in [0.1, 0.15) is 0 Å². The molecule has 0 aromatic rings. The van der Waals surface area contributed by atoms with Crippen molar-refractivity contribution in [2.75, 3.05) is 0 Å². The molecule has 0 unspecified atom stereocenters. The number of hydrogen-bond donors (Lipinski definition) is 0. The smallest absolute Gasteiger partial charge is 0.192 e. The number of carbonyl (C=O) groups excluding carboxylic acids is 1. The Morgan fingerprint density at radius 2 is 1.50 bits per heavy atom. The average Bonchev–Trinajstić information content (AvgIpc) is 2.15. The van der Waals surface area contributed by atoms with Crippen LogP contribution in [-0.4, -0.2) is 3.79 Å². The third-order valence-corrected chi connectivity index (χ3v) is 2.82. The molecule has 14 heavy (non-hydrogen) atoms. The SMILES string of the molecule is C=CCCCCCCCCCC(=O)I. The van der Waals surface area contributed by atoms with Crippen LogP contribution in [0.25, 0.3) is 0 Å². The van der Waals surface area contributed by atoms with E-state index in [-0.39, 0.29) is 0 Å². The average molecular weight is 308 g/mol. The Morgan fingerprint density at radius 3 is 2.00 bits per heavy atom. The summed E-state index contributed by atoms with van der Waals surface area (Å²) in [7, 11) is 0. The highest BCUT2D eigenvalue weighted by Gasteiger charge is 1.95. The van der Waals surface area contributed by atoms with Gasteiger partial charge in [0.15, 0.2) is 3.79 Å². The molecule has 2 heteroatoms. The standard InChI is InChI=1S/C12H21IO/c1-2-3-4-5-6-7-8-9-10-11-12(13)14/h2H,1,3-11H2. The fraction of sp³-hybridized carbons (Fsp3) is 0.750. The Balaban J connectivity index is 2.92. The number of carbonyl (C=O) groups is 1. The summed E-state index contributed by atoms with van der Waals surface area (Å²) in [6.45, 7) is 3.70. The quantitative estimate of drug-likeness (QED) is 0.248. The fourth-order valence-electron chi connectivity index (χ4n) is 1.44. The highest BCUT2D eigenvalue weighted by molar-refractivity contribution is 14.1. The molecule has 0 radical (unpaired) electrons. The Morgan fingerprint density at radius 1 is 1.00 bits per heavy atom. The van der Waals surface area contributed by atoms with E-state index in [2.05, 4.69) is 6.58 Å². The van der Waals surface area contributed by atoms with Crippen molar-refractivity contribution in [3.8, 4) is 0 Å². The molecular formula is C12H21IO. The van der Waals surface area contributed by atoms with Crippen LogP contribution >= 0.6 is 22.6 Å². The molecule has 0 atom stereocenters. The maximum absolute atomic E-state index is 10.6. The van der Waals surface area contributed by atoms with Crippen LogP contribution in [0.4, 0.5) is 0 Å². The topological polar surface area (TPSA) is 17.1 Å². The van der Waals surface area contributed by atoms with E-state index < -0.39 is 0 Å². The Labute approximate surface area is 101 Å².